The molecule has 0 heterocycles. The number of benzene rings is 2. The van der Waals surface area contributed by atoms with Crippen molar-refractivity contribution >= 4 is 0 Å². The maximum absolute atomic E-state index is 9.74. The van der Waals surface area contributed by atoms with Crippen LogP contribution in [0.25, 0.3) is 11.1 Å². The van der Waals surface area contributed by atoms with Gasteiger partial charge in [0.2, 0.25) is 0 Å². The number of aryl methyl sites for hydroxylation is 1. The van der Waals surface area contributed by atoms with Crippen LogP contribution in [0.1, 0.15) is 12.5 Å². The fraction of sp³-hybridized carbons (Fsp3) is 0.143. The van der Waals surface area contributed by atoms with Crippen LogP contribution < -0.4 is 0 Å². The van der Waals surface area contributed by atoms with Gasteiger partial charge < -0.3 is 10.2 Å². The molecule has 0 aliphatic carbocycles. The van der Waals surface area contributed by atoms with Gasteiger partial charge in [-0.1, -0.05) is 31.2 Å². The van der Waals surface area contributed by atoms with Gasteiger partial charge in [0.05, 0.1) is 0 Å². The Morgan fingerprint density at radius 1 is 1.00 bits per heavy atom. The molecular weight excluding hydrogens is 200 g/mol. The van der Waals surface area contributed by atoms with Crippen molar-refractivity contribution in [3.05, 3.63) is 48.0 Å². The summed E-state index contributed by atoms with van der Waals surface area (Å²) in [4.78, 5) is 0. The Morgan fingerprint density at radius 2 is 1.81 bits per heavy atom. The predicted octanol–water partition coefficient (Wildman–Crippen LogP) is 3.33. The van der Waals surface area contributed by atoms with Crippen LogP contribution in [0.3, 0.4) is 0 Å². The molecule has 2 heteroatoms. The molecule has 0 fully saturated rings. The maximum Gasteiger partial charge on any atom is 0.123 e. The number of phenolic OH excluding ortho intramolecular Hbond substituents is 2. The highest BCUT2D eigenvalue weighted by atomic mass is 16.3. The van der Waals surface area contributed by atoms with Gasteiger partial charge in [0.1, 0.15) is 11.5 Å². The van der Waals surface area contributed by atoms with Gasteiger partial charge in [-0.25, -0.2) is 0 Å². The molecule has 0 unspecified atom stereocenters. The Morgan fingerprint density at radius 3 is 2.56 bits per heavy atom. The zero-order valence-electron chi connectivity index (χ0n) is 9.14. The zero-order valence-corrected chi connectivity index (χ0v) is 9.14. The summed E-state index contributed by atoms with van der Waals surface area (Å²) in [5, 5.41) is 19.2. The topological polar surface area (TPSA) is 40.5 Å². The molecule has 2 N–H and O–H groups in total. The molecule has 2 nitrogen and oxygen atoms in total. The predicted molar refractivity (Wildman–Crippen MR) is 64.6 cm³/mol. The van der Waals surface area contributed by atoms with E-state index in [1.54, 1.807) is 6.07 Å². The van der Waals surface area contributed by atoms with E-state index in [9.17, 15) is 10.2 Å². The average Bonchev–Trinajstić information content (AvgIpc) is 2.32. The summed E-state index contributed by atoms with van der Waals surface area (Å²) in [6, 6.07) is 12.5. The van der Waals surface area contributed by atoms with E-state index in [0.717, 1.165) is 12.0 Å². The molecular formula is C14H14O2. The third-order valence-electron chi connectivity index (χ3n) is 2.63. The highest BCUT2D eigenvalue weighted by Gasteiger charge is 2.05. The molecule has 0 atom stereocenters. The first-order valence-corrected chi connectivity index (χ1v) is 5.32. The van der Waals surface area contributed by atoms with Gasteiger partial charge >= 0.3 is 0 Å². The van der Waals surface area contributed by atoms with Crippen LogP contribution in [0.4, 0.5) is 0 Å². The van der Waals surface area contributed by atoms with Crippen molar-refractivity contribution in [3.8, 4) is 22.6 Å². The molecule has 82 valence electrons. The van der Waals surface area contributed by atoms with Crippen molar-refractivity contribution in [3.63, 3.8) is 0 Å². The van der Waals surface area contributed by atoms with E-state index in [2.05, 4.69) is 6.92 Å². The monoisotopic (exact) mass is 214 g/mol. The van der Waals surface area contributed by atoms with Crippen molar-refractivity contribution in [2.75, 3.05) is 0 Å². The van der Waals surface area contributed by atoms with E-state index < -0.39 is 0 Å². The molecule has 0 radical (unpaired) electrons. The second-order valence-corrected chi connectivity index (χ2v) is 3.76. The lowest BCUT2D eigenvalue weighted by molar-refractivity contribution is 0.462. The van der Waals surface area contributed by atoms with Crippen LogP contribution in [-0.4, -0.2) is 10.2 Å². The lowest BCUT2D eigenvalue weighted by atomic mass is 10.0. The molecule has 2 rings (SSSR count). The minimum Gasteiger partial charge on any atom is -0.508 e. The maximum atomic E-state index is 9.74. The van der Waals surface area contributed by atoms with Crippen LogP contribution >= 0.6 is 0 Å². The van der Waals surface area contributed by atoms with Gasteiger partial charge in [-0.15, -0.1) is 0 Å². The van der Waals surface area contributed by atoms with E-state index in [-0.39, 0.29) is 11.5 Å². The van der Waals surface area contributed by atoms with Crippen LogP contribution in [0.15, 0.2) is 42.5 Å². The molecule has 0 spiro atoms. The first kappa shape index (κ1) is 10.6. The van der Waals surface area contributed by atoms with Gasteiger partial charge in [-0.05, 0) is 35.7 Å². The molecule has 0 aliphatic heterocycles. The third kappa shape index (κ3) is 2.01. The molecule has 0 bridgehead atoms. The molecule has 2 aromatic rings. The highest BCUT2D eigenvalue weighted by molar-refractivity contribution is 5.72. The average molecular weight is 214 g/mol. The lowest BCUT2D eigenvalue weighted by Gasteiger charge is -2.07. The van der Waals surface area contributed by atoms with Gasteiger partial charge in [-0.3, -0.25) is 0 Å². The van der Waals surface area contributed by atoms with Crippen LogP contribution in [0, 0.1) is 0 Å². The van der Waals surface area contributed by atoms with E-state index in [4.69, 9.17) is 0 Å². The van der Waals surface area contributed by atoms with Gasteiger partial charge in [0.25, 0.3) is 0 Å². The number of aromatic hydroxyl groups is 2. The molecule has 0 aliphatic rings. The molecule has 0 amide bonds. The van der Waals surface area contributed by atoms with E-state index in [1.165, 1.54) is 17.7 Å². The van der Waals surface area contributed by atoms with Crippen molar-refractivity contribution in [2.45, 2.75) is 13.3 Å². The smallest absolute Gasteiger partial charge is 0.123 e. The summed E-state index contributed by atoms with van der Waals surface area (Å²) in [5.74, 6) is 0.348. The fourth-order valence-electron chi connectivity index (χ4n) is 1.71. The quantitative estimate of drug-likeness (QED) is 0.753. The minimum absolute atomic E-state index is 0.162. The Labute approximate surface area is 94.8 Å². The van der Waals surface area contributed by atoms with Crippen LogP contribution in [0.5, 0.6) is 11.5 Å². The zero-order chi connectivity index (χ0) is 11.5. The van der Waals surface area contributed by atoms with Crippen molar-refractivity contribution < 1.29 is 10.2 Å². The second kappa shape index (κ2) is 4.27. The van der Waals surface area contributed by atoms with E-state index in [0.29, 0.717) is 5.56 Å². The third-order valence-corrected chi connectivity index (χ3v) is 2.63. The van der Waals surface area contributed by atoms with Crippen LogP contribution in [-0.2, 0) is 6.42 Å². The summed E-state index contributed by atoms with van der Waals surface area (Å²) < 4.78 is 0. The summed E-state index contributed by atoms with van der Waals surface area (Å²) in [6.07, 6.45) is 0.952. The minimum atomic E-state index is 0.162. The van der Waals surface area contributed by atoms with Gasteiger partial charge in [0, 0.05) is 5.56 Å². The van der Waals surface area contributed by atoms with Gasteiger partial charge in [-0.2, -0.15) is 0 Å². The lowest BCUT2D eigenvalue weighted by Crippen LogP contribution is -1.83. The van der Waals surface area contributed by atoms with Crippen molar-refractivity contribution in [2.24, 2.45) is 0 Å². The molecule has 16 heavy (non-hydrogen) atoms. The molecule has 0 saturated carbocycles. The SMILES string of the molecule is CCc1cccc(-c2cc(O)ccc2O)c1. The highest BCUT2D eigenvalue weighted by Crippen LogP contribution is 2.32. The molecule has 0 aromatic heterocycles. The van der Waals surface area contributed by atoms with E-state index >= 15 is 0 Å². The Hall–Kier alpha value is -1.96. The second-order valence-electron chi connectivity index (χ2n) is 3.76. The van der Waals surface area contributed by atoms with E-state index in [1.807, 2.05) is 24.3 Å². The summed E-state index contributed by atoms with van der Waals surface area (Å²) in [7, 11) is 0. The largest absolute Gasteiger partial charge is 0.508 e. The Kier molecular flexibility index (Phi) is 2.82. The summed E-state index contributed by atoms with van der Waals surface area (Å²) >= 11 is 0. The summed E-state index contributed by atoms with van der Waals surface area (Å²) in [5.41, 5.74) is 2.79. The van der Waals surface area contributed by atoms with Crippen molar-refractivity contribution in [1.29, 1.82) is 0 Å². The van der Waals surface area contributed by atoms with Gasteiger partial charge in [0.15, 0.2) is 0 Å². The Balaban J connectivity index is 2.53. The number of hydrogen-bond acceptors (Lipinski definition) is 2. The normalized spacial score (nSPS) is 10.3. The molecule has 0 saturated heterocycles. The van der Waals surface area contributed by atoms with Crippen molar-refractivity contribution in [1.82, 2.24) is 0 Å². The number of phenols is 2. The van der Waals surface area contributed by atoms with Crippen LogP contribution in [0.2, 0.25) is 0 Å². The molecule has 2 aromatic carbocycles. The Bertz CT molecular complexity index is 504. The first-order valence-electron chi connectivity index (χ1n) is 5.32. The summed E-state index contributed by atoms with van der Waals surface area (Å²) in [6.45, 7) is 2.08. The standard InChI is InChI=1S/C14H14O2/c1-2-10-4-3-5-11(8-10)13-9-12(15)6-7-14(13)16/h3-9,15-16H,2H2,1H3. The number of hydrogen-bond donors (Lipinski definition) is 2. The number of rotatable bonds is 2. The fourth-order valence-corrected chi connectivity index (χ4v) is 1.71. The first-order chi connectivity index (χ1) is 7.70.